The maximum atomic E-state index is 11.9. The predicted octanol–water partition coefficient (Wildman–Crippen LogP) is 3.56. The highest BCUT2D eigenvalue weighted by atomic mass is 19.4. The van der Waals surface area contributed by atoms with Crippen molar-refractivity contribution >= 4 is 0 Å². The average Bonchev–Trinajstić information content (AvgIpc) is 2.26. The Morgan fingerprint density at radius 3 is 2.05 bits per heavy atom. The van der Waals surface area contributed by atoms with Crippen molar-refractivity contribution in [1.29, 1.82) is 0 Å². The lowest BCUT2D eigenvalue weighted by Crippen LogP contribution is -2.23. The zero-order valence-corrected chi connectivity index (χ0v) is 11.4. The maximum Gasteiger partial charge on any atom is 0.411 e. The second kappa shape index (κ2) is 5.92. The molecule has 0 aromatic heterocycles. The highest BCUT2D eigenvalue weighted by Crippen LogP contribution is 2.23. The van der Waals surface area contributed by atoms with Crippen LogP contribution in [0.15, 0.2) is 24.3 Å². The molecular weight excluding hydrogens is 255 g/mol. The van der Waals surface area contributed by atoms with Crippen LogP contribution in [0, 0.1) is 0 Å². The van der Waals surface area contributed by atoms with Gasteiger partial charge in [0.2, 0.25) is 0 Å². The van der Waals surface area contributed by atoms with Gasteiger partial charge in [0.1, 0.15) is 6.61 Å². The van der Waals surface area contributed by atoms with Crippen molar-refractivity contribution in [3.63, 3.8) is 0 Å². The van der Waals surface area contributed by atoms with Crippen LogP contribution >= 0.6 is 0 Å². The van der Waals surface area contributed by atoms with Crippen molar-refractivity contribution in [2.45, 2.75) is 38.4 Å². The Morgan fingerprint density at radius 1 is 1.11 bits per heavy atom. The summed E-state index contributed by atoms with van der Waals surface area (Å²) in [5.74, 6) is 0. The lowest BCUT2D eigenvalue weighted by Gasteiger charge is -2.20. The zero-order chi connectivity index (χ0) is 14.7. The van der Waals surface area contributed by atoms with Gasteiger partial charge in [0.15, 0.2) is 0 Å². The van der Waals surface area contributed by atoms with Gasteiger partial charge in [-0.05, 0) is 16.5 Å². The van der Waals surface area contributed by atoms with Crippen molar-refractivity contribution in [2.24, 2.45) is 5.73 Å². The summed E-state index contributed by atoms with van der Waals surface area (Å²) in [6, 6.07) is 7.01. The number of alkyl halides is 3. The summed E-state index contributed by atoms with van der Waals surface area (Å²) in [5, 5.41) is 0. The second-order valence-corrected chi connectivity index (χ2v) is 5.61. The SMILES string of the molecule is CC(C)(C)c1ccc(C(N)COCC(F)(F)F)cc1. The van der Waals surface area contributed by atoms with Crippen molar-refractivity contribution in [3.8, 4) is 0 Å². The van der Waals surface area contributed by atoms with E-state index in [0.29, 0.717) is 0 Å². The molecule has 0 heterocycles. The molecule has 108 valence electrons. The first-order valence-electron chi connectivity index (χ1n) is 6.10. The first-order valence-corrected chi connectivity index (χ1v) is 6.10. The molecule has 1 rings (SSSR count). The normalized spacial score (nSPS) is 14.5. The fraction of sp³-hybridized carbons (Fsp3) is 0.571. The molecule has 1 unspecified atom stereocenters. The number of halogens is 3. The number of hydrogen-bond acceptors (Lipinski definition) is 2. The van der Waals surface area contributed by atoms with E-state index >= 15 is 0 Å². The van der Waals surface area contributed by atoms with Gasteiger partial charge in [0.05, 0.1) is 12.6 Å². The smallest absolute Gasteiger partial charge is 0.370 e. The van der Waals surface area contributed by atoms with E-state index in [-0.39, 0.29) is 12.0 Å². The molecule has 0 saturated carbocycles. The molecule has 0 aliphatic heterocycles. The van der Waals surface area contributed by atoms with E-state index < -0.39 is 18.8 Å². The lowest BCUT2D eigenvalue weighted by molar-refractivity contribution is -0.174. The monoisotopic (exact) mass is 275 g/mol. The third-order valence-electron chi connectivity index (χ3n) is 2.77. The number of benzene rings is 1. The van der Waals surface area contributed by atoms with Gasteiger partial charge in [0, 0.05) is 0 Å². The number of hydrogen-bond donors (Lipinski definition) is 1. The van der Waals surface area contributed by atoms with Gasteiger partial charge in [0.25, 0.3) is 0 Å². The molecule has 5 heteroatoms. The first kappa shape index (κ1) is 16.0. The van der Waals surface area contributed by atoms with Gasteiger partial charge in [-0.3, -0.25) is 0 Å². The number of rotatable bonds is 4. The summed E-state index contributed by atoms with van der Waals surface area (Å²) in [7, 11) is 0. The molecule has 0 saturated heterocycles. The largest absolute Gasteiger partial charge is 0.411 e. The molecule has 1 aromatic carbocycles. The molecule has 2 N–H and O–H groups in total. The Kier molecular flexibility index (Phi) is 4.98. The molecule has 0 radical (unpaired) electrons. The topological polar surface area (TPSA) is 35.2 Å². The van der Waals surface area contributed by atoms with E-state index in [4.69, 9.17) is 5.73 Å². The van der Waals surface area contributed by atoms with Crippen LogP contribution in [0.5, 0.6) is 0 Å². The van der Waals surface area contributed by atoms with Crippen LogP contribution in [0.25, 0.3) is 0 Å². The van der Waals surface area contributed by atoms with Crippen LogP contribution in [0.3, 0.4) is 0 Å². The van der Waals surface area contributed by atoms with E-state index in [1.807, 2.05) is 24.3 Å². The van der Waals surface area contributed by atoms with E-state index in [2.05, 4.69) is 25.5 Å². The third-order valence-corrected chi connectivity index (χ3v) is 2.77. The molecule has 0 aliphatic rings. The Bertz CT molecular complexity index is 393. The number of ether oxygens (including phenoxy) is 1. The molecule has 0 amide bonds. The minimum Gasteiger partial charge on any atom is -0.370 e. The second-order valence-electron chi connectivity index (χ2n) is 5.61. The minimum atomic E-state index is -4.31. The Labute approximate surface area is 111 Å². The van der Waals surface area contributed by atoms with E-state index in [1.165, 1.54) is 0 Å². The molecule has 0 bridgehead atoms. The molecule has 19 heavy (non-hydrogen) atoms. The highest BCUT2D eigenvalue weighted by Gasteiger charge is 2.27. The van der Waals surface area contributed by atoms with Crippen LogP contribution < -0.4 is 5.73 Å². The van der Waals surface area contributed by atoms with E-state index in [0.717, 1.165) is 11.1 Å². The molecular formula is C14H20F3NO. The van der Waals surface area contributed by atoms with Gasteiger partial charge in [-0.15, -0.1) is 0 Å². The van der Waals surface area contributed by atoms with E-state index in [1.54, 1.807) is 0 Å². The van der Waals surface area contributed by atoms with Crippen molar-refractivity contribution in [1.82, 2.24) is 0 Å². The van der Waals surface area contributed by atoms with Gasteiger partial charge in [-0.1, -0.05) is 45.0 Å². The van der Waals surface area contributed by atoms with Gasteiger partial charge < -0.3 is 10.5 Å². The Balaban J connectivity index is 2.56. The molecule has 1 aromatic rings. The van der Waals surface area contributed by atoms with Crippen LogP contribution in [0.1, 0.15) is 37.9 Å². The van der Waals surface area contributed by atoms with Crippen LogP contribution in [0.4, 0.5) is 13.2 Å². The Hall–Kier alpha value is -1.07. The third kappa shape index (κ3) is 5.61. The molecule has 0 fully saturated rings. The van der Waals surface area contributed by atoms with Gasteiger partial charge >= 0.3 is 6.18 Å². The summed E-state index contributed by atoms with van der Waals surface area (Å²) in [5.41, 5.74) is 7.75. The fourth-order valence-electron chi connectivity index (χ4n) is 1.63. The van der Waals surface area contributed by atoms with Crippen LogP contribution in [0.2, 0.25) is 0 Å². The first-order chi connectivity index (χ1) is 8.59. The fourth-order valence-corrected chi connectivity index (χ4v) is 1.63. The lowest BCUT2D eigenvalue weighted by atomic mass is 9.86. The Morgan fingerprint density at radius 2 is 1.63 bits per heavy atom. The summed E-state index contributed by atoms with van der Waals surface area (Å²) in [4.78, 5) is 0. The van der Waals surface area contributed by atoms with Crippen molar-refractivity contribution < 1.29 is 17.9 Å². The standard InChI is InChI=1S/C14H20F3NO/c1-13(2,3)11-6-4-10(5-7-11)12(18)8-19-9-14(15,16)17/h4-7,12H,8-9,18H2,1-3H3. The molecule has 0 aliphatic carbocycles. The van der Waals surface area contributed by atoms with Gasteiger partial charge in [-0.25, -0.2) is 0 Å². The van der Waals surface area contributed by atoms with Crippen molar-refractivity contribution in [2.75, 3.05) is 13.2 Å². The molecule has 0 spiro atoms. The zero-order valence-electron chi connectivity index (χ0n) is 11.4. The average molecular weight is 275 g/mol. The van der Waals surface area contributed by atoms with Crippen molar-refractivity contribution in [3.05, 3.63) is 35.4 Å². The summed E-state index contributed by atoms with van der Waals surface area (Å²) in [6.45, 7) is 4.87. The van der Waals surface area contributed by atoms with Crippen LogP contribution in [-0.2, 0) is 10.2 Å². The van der Waals surface area contributed by atoms with Crippen LogP contribution in [-0.4, -0.2) is 19.4 Å². The predicted molar refractivity (Wildman–Crippen MR) is 68.9 cm³/mol. The highest BCUT2D eigenvalue weighted by molar-refractivity contribution is 5.29. The van der Waals surface area contributed by atoms with Gasteiger partial charge in [-0.2, -0.15) is 13.2 Å². The number of nitrogens with two attached hydrogens (primary N) is 1. The summed E-state index contributed by atoms with van der Waals surface area (Å²) in [6.07, 6.45) is -4.31. The summed E-state index contributed by atoms with van der Waals surface area (Å²) < 4.78 is 40.3. The summed E-state index contributed by atoms with van der Waals surface area (Å²) >= 11 is 0. The molecule has 2 nitrogen and oxygen atoms in total. The molecule has 1 atom stereocenters. The van der Waals surface area contributed by atoms with E-state index in [9.17, 15) is 13.2 Å². The maximum absolute atomic E-state index is 11.9. The minimum absolute atomic E-state index is 0.0371. The quantitative estimate of drug-likeness (QED) is 0.911.